The summed E-state index contributed by atoms with van der Waals surface area (Å²) >= 11 is 12.5. The molecule has 1 aliphatic heterocycles. The number of piperidine rings is 1. The average Bonchev–Trinajstić information content (AvgIpc) is 3.31. The molecule has 0 bridgehead atoms. The van der Waals surface area contributed by atoms with Crippen molar-refractivity contribution in [2.75, 3.05) is 25.5 Å². The topological polar surface area (TPSA) is 76.5 Å². The molecule has 0 radical (unpaired) electrons. The van der Waals surface area contributed by atoms with Crippen molar-refractivity contribution in [2.24, 2.45) is 0 Å². The highest BCUT2D eigenvalue weighted by atomic mass is 35.5. The lowest BCUT2D eigenvalue weighted by molar-refractivity contribution is -0.115. The summed E-state index contributed by atoms with van der Waals surface area (Å²) in [6, 6.07) is 9.25. The molecule has 1 aromatic heterocycles. The van der Waals surface area contributed by atoms with E-state index in [4.69, 9.17) is 27.9 Å². The Morgan fingerprint density at radius 3 is 2.57 bits per heavy atom. The highest BCUT2D eigenvalue weighted by molar-refractivity contribution is 6.38. The van der Waals surface area contributed by atoms with Gasteiger partial charge in [-0.25, -0.2) is 0 Å². The van der Waals surface area contributed by atoms with Gasteiger partial charge in [0.05, 0.1) is 42.0 Å². The number of hydrogen-bond donors (Lipinski definition) is 1. The van der Waals surface area contributed by atoms with Gasteiger partial charge in [0.1, 0.15) is 5.75 Å². The van der Waals surface area contributed by atoms with Gasteiger partial charge in [-0.3, -0.25) is 14.3 Å². The second-order valence-electron chi connectivity index (χ2n) is 8.80. The van der Waals surface area contributed by atoms with Crippen molar-refractivity contribution in [3.05, 3.63) is 75.0 Å². The Hall–Kier alpha value is -3.03. The van der Waals surface area contributed by atoms with Crippen LogP contribution in [0.4, 0.5) is 5.69 Å². The van der Waals surface area contributed by atoms with Crippen LogP contribution in [0, 0.1) is 13.8 Å². The predicted molar refractivity (Wildman–Crippen MR) is 138 cm³/mol. The van der Waals surface area contributed by atoms with Gasteiger partial charge in [0.15, 0.2) is 0 Å². The summed E-state index contributed by atoms with van der Waals surface area (Å²) in [7, 11) is 1.63. The number of aromatic nitrogens is 2. The van der Waals surface area contributed by atoms with E-state index in [0.717, 1.165) is 29.7 Å². The molecule has 0 spiro atoms. The number of amides is 2. The fourth-order valence-electron chi connectivity index (χ4n) is 4.37. The Morgan fingerprint density at radius 1 is 1.14 bits per heavy atom. The van der Waals surface area contributed by atoms with Crippen LogP contribution in [0.1, 0.15) is 45.9 Å². The molecule has 1 saturated heterocycles. The van der Waals surface area contributed by atoms with Gasteiger partial charge in [0.2, 0.25) is 5.91 Å². The Balaban J connectivity index is 1.32. The standard InChI is InChI=1S/C26H28Cl2N4O3/c1-16-12-18(4-7-23(16)35-3)13-24(33)30-19-14-29-32(15-19)20-8-10-31(11-9-20)26(34)21-5-6-22(27)17(2)25(21)28/h4-7,12,14-15,20H,8-11,13H2,1-3H3,(H,30,33). The molecule has 1 N–H and O–H groups in total. The monoisotopic (exact) mass is 514 g/mol. The molecule has 7 nitrogen and oxygen atoms in total. The van der Waals surface area contributed by atoms with Crippen molar-refractivity contribution < 1.29 is 14.3 Å². The van der Waals surface area contributed by atoms with Gasteiger partial charge in [-0.05, 0) is 61.6 Å². The summed E-state index contributed by atoms with van der Waals surface area (Å²) in [4.78, 5) is 27.3. The first-order valence-corrected chi connectivity index (χ1v) is 12.2. The molecule has 0 saturated carbocycles. The number of nitrogens with zero attached hydrogens (tertiary/aromatic N) is 3. The maximum Gasteiger partial charge on any atom is 0.255 e. The molecule has 184 valence electrons. The highest BCUT2D eigenvalue weighted by Crippen LogP contribution is 2.30. The average molecular weight is 515 g/mol. The molecular weight excluding hydrogens is 487 g/mol. The van der Waals surface area contributed by atoms with E-state index < -0.39 is 0 Å². The van der Waals surface area contributed by atoms with Crippen LogP contribution in [0.2, 0.25) is 10.0 Å². The maximum atomic E-state index is 13.0. The van der Waals surface area contributed by atoms with E-state index in [-0.39, 0.29) is 24.3 Å². The van der Waals surface area contributed by atoms with E-state index in [1.807, 2.05) is 40.9 Å². The van der Waals surface area contributed by atoms with Crippen LogP contribution in [-0.2, 0) is 11.2 Å². The molecule has 0 atom stereocenters. The minimum absolute atomic E-state index is 0.0876. The Kier molecular flexibility index (Phi) is 7.67. The molecule has 2 amide bonds. The lowest BCUT2D eigenvalue weighted by Gasteiger charge is -2.32. The number of likely N-dealkylation sites (tertiary alicyclic amines) is 1. The third-order valence-corrected chi connectivity index (χ3v) is 7.28. The van der Waals surface area contributed by atoms with E-state index in [1.165, 1.54) is 0 Å². The second kappa shape index (κ2) is 10.7. The molecule has 4 rings (SSSR count). The predicted octanol–water partition coefficient (Wildman–Crippen LogP) is 5.47. The number of nitrogens with one attached hydrogen (secondary N) is 1. The minimum atomic E-state index is -0.107. The minimum Gasteiger partial charge on any atom is -0.496 e. The number of aryl methyl sites for hydroxylation is 1. The fraction of sp³-hybridized carbons (Fsp3) is 0.346. The summed E-state index contributed by atoms with van der Waals surface area (Å²) in [5.74, 6) is 0.606. The van der Waals surface area contributed by atoms with Crippen LogP contribution in [-0.4, -0.2) is 46.7 Å². The largest absolute Gasteiger partial charge is 0.496 e. The first kappa shape index (κ1) is 25.1. The van der Waals surface area contributed by atoms with E-state index in [9.17, 15) is 9.59 Å². The van der Waals surface area contributed by atoms with Gasteiger partial charge in [-0.2, -0.15) is 5.10 Å². The highest BCUT2D eigenvalue weighted by Gasteiger charge is 2.27. The smallest absolute Gasteiger partial charge is 0.255 e. The molecule has 0 aliphatic carbocycles. The Bertz CT molecular complexity index is 1250. The molecule has 35 heavy (non-hydrogen) atoms. The molecule has 2 heterocycles. The van der Waals surface area contributed by atoms with Crippen LogP contribution < -0.4 is 10.1 Å². The van der Waals surface area contributed by atoms with Crippen LogP contribution in [0.5, 0.6) is 5.75 Å². The zero-order valence-electron chi connectivity index (χ0n) is 20.0. The number of benzene rings is 2. The molecule has 1 fully saturated rings. The van der Waals surface area contributed by atoms with Crippen LogP contribution in [0.15, 0.2) is 42.7 Å². The summed E-state index contributed by atoms with van der Waals surface area (Å²) in [5.41, 5.74) is 3.75. The lowest BCUT2D eigenvalue weighted by atomic mass is 10.0. The Labute approximate surface area is 215 Å². The second-order valence-corrected chi connectivity index (χ2v) is 9.58. The van der Waals surface area contributed by atoms with Gasteiger partial charge < -0.3 is 15.0 Å². The van der Waals surface area contributed by atoms with Crippen molar-refractivity contribution in [3.63, 3.8) is 0 Å². The van der Waals surface area contributed by atoms with E-state index in [0.29, 0.717) is 39.9 Å². The number of rotatable bonds is 6. The Morgan fingerprint density at radius 2 is 1.89 bits per heavy atom. The third kappa shape index (κ3) is 5.63. The van der Waals surface area contributed by atoms with Crippen molar-refractivity contribution in [2.45, 2.75) is 39.2 Å². The van der Waals surface area contributed by atoms with Crippen molar-refractivity contribution in [3.8, 4) is 5.75 Å². The number of methoxy groups -OCH3 is 1. The number of carbonyl (C=O) groups excluding carboxylic acids is 2. The molecule has 2 aromatic carbocycles. The van der Waals surface area contributed by atoms with Gasteiger partial charge in [-0.15, -0.1) is 0 Å². The first-order valence-electron chi connectivity index (χ1n) is 11.5. The summed E-state index contributed by atoms with van der Waals surface area (Å²) in [5, 5.41) is 8.32. The van der Waals surface area contributed by atoms with Gasteiger partial charge in [0.25, 0.3) is 5.91 Å². The molecule has 0 unspecified atom stereocenters. The van der Waals surface area contributed by atoms with Gasteiger partial charge >= 0.3 is 0 Å². The van der Waals surface area contributed by atoms with Crippen molar-refractivity contribution in [1.82, 2.24) is 14.7 Å². The zero-order chi connectivity index (χ0) is 25.1. The summed E-state index contributed by atoms with van der Waals surface area (Å²) < 4.78 is 7.14. The molecule has 3 aromatic rings. The number of hydrogen-bond acceptors (Lipinski definition) is 4. The summed E-state index contributed by atoms with van der Waals surface area (Å²) in [6.07, 6.45) is 5.29. The van der Waals surface area contributed by atoms with Crippen LogP contribution in [0.25, 0.3) is 0 Å². The normalized spacial score (nSPS) is 14.1. The van der Waals surface area contributed by atoms with Gasteiger partial charge in [-0.1, -0.05) is 35.3 Å². The fourth-order valence-corrected chi connectivity index (χ4v) is 4.83. The van der Waals surface area contributed by atoms with Crippen LogP contribution >= 0.6 is 23.2 Å². The van der Waals surface area contributed by atoms with E-state index in [1.54, 1.807) is 32.4 Å². The van der Waals surface area contributed by atoms with Gasteiger partial charge in [0, 0.05) is 24.3 Å². The number of anilines is 1. The number of carbonyl (C=O) groups is 2. The summed E-state index contributed by atoms with van der Waals surface area (Å²) in [6.45, 7) is 4.95. The SMILES string of the molecule is COc1ccc(CC(=O)Nc2cnn(C3CCN(C(=O)c4ccc(Cl)c(C)c4Cl)CC3)c2)cc1C. The zero-order valence-corrected chi connectivity index (χ0v) is 21.5. The van der Waals surface area contributed by atoms with E-state index in [2.05, 4.69) is 10.4 Å². The molecule has 9 heteroatoms. The third-order valence-electron chi connectivity index (χ3n) is 6.39. The van der Waals surface area contributed by atoms with Crippen LogP contribution in [0.3, 0.4) is 0 Å². The van der Waals surface area contributed by atoms with Crippen molar-refractivity contribution in [1.29, 1.82) is 0 Å². The quantitative estimate of drug-likeness (QED) is 0.472. The van der Waals surface area contributed by atoms with E-state index >= 15 is 0 Å². The molecule has 1 aliphatic rings. The molecular formula is C26H28Cl2N4O3. The first-order chi connectivity index (χ1) is 16.8. The maximum absolute atomic E-state index is 13.0. The number of halogens is 2. The van der Waals surface area contributed by atoms with Crippen molar-refractivity contribution >= 4 is 40.7 Å². The number of ether oxygens (including phenoxy) is 1. The lowest BCUT2D eigenvalue weighted by Crippen LogP contribution is -2.39.